The Balaban J connectivity index is 2.11. The van der Waals surface area contributed by atoms with Crippen LogP contribution in [0.1, 0.15) is 5.56 Å². The van der Waals surface area contributed by atoms with E-state index in [2.05, 4.69) is 0 Å². The SMILES string of the molecule is O=C([O-])CN1C(=O)/C(=C2\C(=O)N(CC(=O)[O-])c3ccccc32)SC1=S. The highest BCUT2D eigenvalue weighted by Gasteiger charge is 2.41. The molecule has 0 saturated carbocycles. The summed E-state index contributed by atoms with van der Waals surface area (Å²) in [6, 6.07) is 6.38. The second kappa shape index (κ2) is 6.30. The molecule has 2 aliphatic rings. The Labute approximate surface area is 150 Å². The van der Waals surface area contributed by atoms with Gasteiger partial charge in [0.1, 0.15) is 4.32 Å². The summed E-state index contributed by atoms with van der Waals surface area (Å²) in [5.74, 6) is -4.35. The molecule has 1 saturated heterocycles. The number of hydrogen-bond acceptors (Lipinski definition) is 8. The number of nitrogens with zero attached hydrogens (tertiary/aromatic N) is 2. The number of hydrogen-bond donors (Lipinski definition) is 0. The molecule has 0 aromatic heterocycles. The number of carboxylic acid groups (broad SMARTS) is 2. The standard InChI is InChI=1S/C15H10N2O6S2/c18-9(19)5-16-8-4-2-1-3-7(8)11(13(16)22)12-14(23)17(6-10(20)21)15(24)25-12/h1-4H,5-6H2,(H,18,19)(H,20,21)/p-2/b12-11+. The molecule has 2 heterocycles. The van der Waals surface area contributed by atoms with Gasteiger partial charge in [-0.1, -0.05) is 42.2 Å². The van der Waals surface area contributed by atoms with Crippen molar-refractivity contribution in [3.8, 4) is 0 Å². The minimum atomic E-state index is -1.49. The van der Waals surface area contributed by atoms with Gasteiger partial charge < -0.3 is 24.7 Å². The third-order valence-electron chi connectivity index (χ3n) is 3.57. The fraction of sp³-hybridized carbons (Fsp3) is 0.133. The van der Waals surface area contributed by atoms with Crippen LogP contribution in [0.25, 0.3) is 5.57 Å². The number of carbonyl (C=O) groups excluding carboxylic acids is 4. The van der Waals surface area contributed by atoms with Crippen LogP contribution in [0.3, 0.4) is 0 Å². The number of anilines is 1. The number of carboxylic acids is 2. The number of amides is 2. The zero-order chi connectivity index (χ0) is 18.3. The number of para-hydroxylation sites is 1. The molecule has 0 atom stereocenters. The molecule has 3 rings (SSSR count). The highest BCUT2D eigenvalue weighted by atomic mass is 32.2. The predicted molar refractivity (Wildman–Crippen MR) is 87.6 cm³/mol. The quantitative estimate of drug-likeness (QED) is 0.442. The Morgan fingerprint density at radius 3 is 2.24 bits per heavy atom. The number of aliphatic carboxylic acids is 2. The highest BCUT2D eigenvalue weighted by Crippen LogP contribution is 2.44. The van der Waals surface area contributed by atoms with E-state index in [-0.39, 0.29) is 14.8 Å². The highest BCUT2D eigenvalue weighted by molar-refractivity contribution is 8.26. The van der Waals surface area contributed by atoms with E-state index in [4.69, 9.17) is 12.2 Å². The summed E-state index contributed by atoms with van der Waals surface area (Å²) >= 11 is 5.79. The van der Waals surface area contributed by atoms with Crippen LogP contribution in [0.15, 0.2) is 29.2 Å². The molecule has 8 nitrogen and oxygen atoms in total. The van der Waals surface area contributed by atoms with Crippen LogP contribution >= 0.6 is 24.0 Å². The van der Waals surface area contributed by atoms with Gasteiger partial charge in [-0.05, 0) is 6.07 Å². The van der Waals surface area contributed by atoms with Crippen LogP contribution in [0, 0.1) is 0 Å². The zero-order valence-electron chi connectivity index (χ0n) is 12.4. The largest absolute Gasteiger partial charge is 0.548 e. The maximum atomic E-state index is 12.7. The van der Waals surface area contributed by atoms with Gasteiger partial charge in [-0.15, -0.1) is 0 Å². The number of fused-ring (bicyclic) bond motifs is 1. The van der Waals surface area contributed by atoms with Crippen LogP contribution < -0.4 is 15.1 Å². The van der Waals surface area contributed by atoms with Gasteiger partial charge in [0.2, 0.25) is 0 Å². The van der Waals surface area contributed by atoms with Gasteiger partial charge in [0.15, 0.2) is 0 Å². The summed E-state index contributed by atoms with van der Waals surface area (Å²) in [4.78, 5) is 48.7. The Hall–Kier alpha value is -2.72. The Bertz CT molecular complexity index is 879. The van der Waals surface area contributed by atoms with E-state index in [1.165, 1.54) is 0 Å². The molecule has 1 aromatic carbocycles. The van der Waals surface area contributed by atoms with Crippen molar-refractivity contribution in [2.45, 2.75) is 0 Å². The van der Waals surface area contributed by atoms with E-state index < -0.39 is 36.8 Å². The number of rotatable bonds is 4. The average Bonchev–Trinajstić information content (AvgIpc) is 2.96. The van der Waals surface area contributed by atoms with Gasteiger partial charge in [0.25, 0.3) is 11.8 Å². The third kappa shape index (κ3) is 2.89. The average molecular weight is 376 g/mol. The normalized spacial score (nSPS) is 19.6. The minimum absolute atomic E-state index is 0.00459. The van der Waals surface area contributed by atoms with Crippen LogP contribution in [-0.4, -0.2) is 46.1 Å². The van der Waals surface area contributed by atoms with E-state index in [1.807, 2.05) is 0 Å². The summed E-state index contributed by atoms with van der Waals surface area (Å²) in [6.45, 7) is -1.39. The molecule has 25 heavy (non-hydrogen) atoms. The predicted octanol–water partition coefficient (Wildman–Crippen LogP) is -1.90. The summed E-state index contributed by atoms with van der Waals surface area (Å²) in [5.41, 5.74) is 0.703. The third-order valence-corrected chi connectivity index (χ3v) is 5.02. The monoisotopic (exact) mass is 376 g/mol. The van der Waals surface area contributed by atoms with Crippen LogP contribution in [0.2, 0.25) is 0 Å². The van der Waals surface area contributed by atoms with Crippen molar-refractivity contribution in [1.29, 1.82) is 0 Å². The van der Waals surface area contributed by atoms with Crippen molar-refractivity contribution < 1.29 is 29.4 Å². The molecule has 2 amide bonds. The first kappa shape index (κ1) is 17.1. The maximum Gasteiger partial charge on any atom is 0.267 e. The molecule has 0 spiro atoms. The van der Waals surface area contributed by atoms with E-state index in [0.29, 0.717) is 11.3 Å². The summed E-state index contributed by atoms with van der Waals surface area (Å²) < 4.78 is -0.0136. The van der Waals surface area contributed by atoms with Crippen molar-refractivity contribution in [2.75, 3.05) is 18.0 Å². The molecule has 0 aliphatic carbocycles. The molecular weight excluding hydrogens is 368 g/mol. The smallest absolute Gasteiger partial charge is 0.267 e. The lowest BCUT2D eigenvalue weighted by atomic mass is 10.1. The van der Waals surface area contributed by atoms with Crippen molar-refractivity contribution in [2.24, 2.45) is 0 Å². The van der Waals surface area contributed by atoms with Crippen LogP contribution in [0.4, 0.5) is 5.69 Å². The fourth-order valence-electron chi connectivity index (χ4n) is 2.60. The van der Waals surface area contributed by atoms with Crippen molar-refractivity contribution in [3.63, 3.8) is 0 Å². The maximum absolute atomic E-state index is 12.7. The summed E-state index contributed by atoms with van der Waals surface area (Å²) in [7, 11) is 0. The van der Waals surface area contributed by atoms with E-state index in [1.54, 1.807) is 24.3 Å². The van der Waals surface area contributed by atoms with Crippen LogP contribution in [-0.2, 0) is 19.2 Å². The second-order valence-corrected chi connectivity index (χ2v) is 6.76. The molecule has 0 N–H and O–H groups in total. The molecule has 1 fully saturated rings. The number of carbonyl (C=O) groups is 4. The molecule has 1 aromatic rings. The molecule has 2 aliphatic heterocycles. The van der Waals surface area contributed by atoms with Gasteiger partial charge in [0, 0.05) is 5.56 Å². The molecule has 0 bridgehead atoms. The first-order valence-electron chi connectivity index (χ1n) is 6.90. The lowest BCUT2D eigenvalue weighted by Gasteiger charge is -2.17. The van der Waals surface area contributed by atoms with Gasteiger partial charge in [-0.25, -0.2) is 0 Å². The lowest BCUT2D eigenvalue weighted by molar-refractivity contribution is -0.305. The van der Waals surface area contributed by atoms with Crippen molar-refractivity contribution in [3.05, 3.63) is 34.7 Å². The van der Waals surface area contributed by atoms with Crippen molar-refractivity contribution >= 4 is 63.3 Å². The molecular formula is C15H8N2O6S2-2. The first-order valence-corrected chi connectivity index (χ1v) is 8.12. The van der Waals surface area contributed by atoms with Gasteiger partial charge in [-0.3, -0.25) is 14.5 Å². The summed E-state index contributed by atoms with van der Waals surface area (Å²) in [6.07, 6.45) is 0. The first-order chi connectivity index (χ1) is 11.8. The van der Waals surface area contributed by atoms with Gasteiger partial charge in [-0.2, -0.15) is 0 Å². The van der Waals surface area contributed by atoms with E-state index >= 15 is 0 Å². The minimum Gasteiger partial charge on any atom is -0.548 e. The number of benzene rings is 1. The van der Waals surface area contributed by atoms with Gasteiger partial charge in [0.05, 0.1) is 41.2 Å². The lowest BCUT2D eigenvalue weighted by Crippen LogP contribution is -2.41. The Kier molecular flexibility index (Phi) is 4.31. The molecule has 128 valence electrons. The number of thiocarbonyl (C=S) groups is 1. The zero-order valence-corrected chi connectivity index (χ0v) is 14.0. The topological polar surface area (TPSA) is 121 Å². The summed E-state index contributed by atoms with van der Waals surface area (Å²) in [5, 5.41) is 21.7. The molecule has 0 radical (unpaired) electrons. The molecule has 10 heteroatoms. The molecule has 0 unspecified atom stereocenters. The van der Waals surface area contributed by atoms with E-state index in [0.717, 1.165) is 21.6 Å². The van der Waals surface area contributed by atoms with Crippen LogP contribution in [0.5, 0.6) is 0 Å². The van der Waals surface area contributed by atoms with Crippen molar-refractivity contribution in [1.82, 2.24) is 4.90 Å². The van der Waals surface area contributed by atoms with Gasteiger partial charge >= 0.3 is 0 Å². The fourth-order valence-corrected chi connectivity index (χ4v) is 3.93. The Morgan fingerprint density at radius 1 is 1.00 bits per heavy atom. The number of thioether (sulfide) groups is 1. The van der Waals surface area contributed by atoms with E-state index in [9.17, 15) is 29.4 Å². The Morgan fingerprint density at radius 2 is 1.60 bits per heavy atom. The second-order valence-electron chi connectivity index (χ2n) is 5.12.